The molecule has 1 aliphatic carbocycles. The zero-order valence-corrected chi connectivity index (χ0v) is 15.9. The molecular weight excluding hydrogens is 391 g/mol. The largest absolute Gasteiger partial charge is 0.391 e. The van der Waals surface area contributed by atoms with Crippen LogP contribution < -0.4 is 10.8 Å². The van der Waals surface area contributed by atoms with Crippen molar-refractivity contribution in [3.63, 3.8) is 0 Å². The summed E-state index contributed by atoms with van der Waals surface area (Å²) in [6, 6.07) is 4.14. The van der Waals surface area contributed by atoms with Gasteiger partial charge in [-0.1, -0.05) is 6.07 Å². The molecule has 1 heterocycles. The van der Waals surface area contributed by atoms with Gasteiger partial charge in [0.2, 0.25) is 5.82 Å². The third-order valence-corrected chi connectivity index (χ3v) is 5.34. The second kappa shape index (κ2) is 8.20. The minimum atomic E-state index is -2.68. The summed E-state index contributed by atoms with van der Waals surface area (Å²) in [6.45, 7) is 0.0485. The lowest BCUT2D eigenvalue weighted by atomic mass is 9.83. The molecule has 0 saturated carbocycles. The Morgan fingerprint density at radius 1 is 1.54 bits per heavy atom. The van der Waals surface area contributed by atoms with Crippen molar-refractivity contribution in [3.05, 3.63) is 40.8 Å². The van der Waals surface area contributed by atoms with Crippen LogP contribution in [-0.4, -0.2) is 55.3 Å². The Balaban J connectivity index is 1.67. The average Bonchev–Trinajstić information content (AvgIpc) is 3.09. The highest BCUT2D eigenvalue weighted by atomic mass is 32.2. The maximum absolute atomic E-state index is 13.4. The number of aliphatic hydroxyl groups is 1. The third-order valence-electron chi connectivity index (χ3n) is 4.33. The van der Waals surface area contributed by atoms with Crippen LogP contribution >= 0.6 is 0 Å². The first-order valence-electron chi connectivity index (χ1n) is 8.49. The summed E-state index contributed by atoms with van der Waals surface area (Å²) in [4.78, 5) is 4.34. The number of nitrogens with zero attached hydrogens (tertiary/aromatic N) is 3. The Morgan fingerprint density at radius 3 is 3.04 bits per heavy atom. The molecule has 1 aromatic carbocycles. The van der Waals surface area contributed by atoms with E-state index in [0.717, 1.165) is 11.1 Å². The van der Waals surface area contributed by atoms with Gasteiger partial charge in [0.15, 0.2) is 11.5 Å². The molecule has 12 heteroatoms. The van der Waals surface area contributed by atoms with Crippen LogP contribution in [0.4, 0.5) is 10.2 Å². The molecular formula is C16H21FN6O4S. The van der Waals surface area contributed by atoms with E-state index in [-0.39, 0.29) is 47.9 Å². The highest BCUT2D eigenvalue weighted by molar-refractivity contribution is 7.91. The molecule has 2 aromatic rings. The van der Waals surface area contributed by atoms with E-state index in [4.69, 9.17) is 4.78 Å². The van der Waals surface area contributed by atoms with Gasteiger partial charge < -0.3 is 10.4 Å². The molecule has 2 unspecified atom stereocenters. The lowest BCUT2D eigenvalue weighted by Crippen LogP contribution is -2.27. The second-order valence-electron chi connectivity index (χ2n) is 6.65. The Bertz CT molecular complexity index is 977. The molecule has 3 atom stereocenters. The molecule has 0 amide bonds. The van der Waals surface area contributed by atoms with Crippen molar-refractivity contribution in [3.8, 4) is 0 Å². The summed E-state index contributed by atoms with van der Waals surface area (Å²) in [5.41, 5.74) is 3.76. The van der Waals surface area contributed by atoms with Crippen molar-refractivity contribution in [2.75, 3.05) is 23.9 Å². The van der Waals surface area contributed by atoms with E-state index in [2.05, 4.69) is 25.3 Å². The van der Waals surface area contributed by atoms with Crippen LogP contribution in [0.3, 0.4) is 0 Å². The number of hydrogen-bond acceptors (Lipinski definition) is 9. The summed E-state index contributed by atoms with van der Waals surface area (Å²) in [5, 5.41) is 29.6. The molecule has 152 valence electrons. The molecule has 0 fully saturated rings. The molecule has 10 nitrogen and oxygen atoms in total. The van der Waals surface area contributed by atoms with Gasteiger partial charge in [0.05, 0.1) is 12.1 Å². The lowest BCUT2D eigenvalue weighted by Gasteiger charge is -2.27. The van der Waals surface area contributed by atoms with E-state index in [1.54, 1.807) is 6.07 Å². The third kappa shape index (κ3) is 4.82. The van der Waals surface area contributed by atoms with E-state index in [0.29, 0.717) is 6.42 Å². The Hall–Kier alpha value is -2.57. The predicted octanol–water partition coefficient (Wildman–Crippen LogP) is 1.07. The van der Waals surface area contributed by atoms with Gasteiger partial charge in [-0.05, 0) is 46.4 Å². The van der Waals surface area contributed by atoms with Gasteiger partial charge in [-0.25, -0.2) is 9.02 Å². The Morgan fingerprint density at radius 2 is 2.32 bits per heavy atom. The van der Waals surface area contributed by atoms with Crippen LogP contribution in [0.2, 0.25) is 0 Å². The summed E-state index contributed by atoms with van der Waals surface area (Å²) >= 11 is 0. The minimum Gasteiger partial charge on any atom is -0.391 e. The number of hydroxylamine groups is 1. The topological polar surface area (TPSA) is 157 Å². The van der Waals surface area contributed by atoms with Crippen molar-refractivity contribution < 1.29 is 23.5 Å². The van der Waals surface area contributed by atoms with E-state index in [1.807, 2.05) is 5.48 Å². The normalized spacial score (nSPS) is 19.3. The van der Waals surface area contributed by atoms with Crippen molar-refractivity contribution in [2.24, 2.45) is 4.99 Å². The van der Waals surface area contributed by atoms with Crippen LogP contribution in [0, 0.1) is 10.6 Å². The fraction of sp³-hybridized carbons (Fsp3) is 0.438. The van der Waals surface area contributed by atoms with Crippen LogP contribution in [0.5, 0.6) is 0 Å². The average molecular weight is 412 g/mol. The van der Waals surface area contributed by atoms with Gasteiger partial charge in [0.25, 0.3) is 0 Å². The number of hydrogen-bond donors (Lipinski definition) is 5. The number of amidine groups is 1. The SMILES string of the molecule is CS(=N)(=O)CCC(O)CNc1nonc1C(=N[C@H]1Cc2ccc(F)cc21)NO. The maximum Gasteiger partial charge on any atom is 0.202 e. The van der Waals surface area contributed by atoms with Crippen LogP contribution in [0.1, 0.15) is 29.3 Å². The van der Waals surface area contributed by atoms with Gasteiger partial charge in [-0.2, -0.15) is 0 Å². The van der Waals surface area contributed by atoms with Gasteiger partial charge in [-0.15, -0.1) is 0 Å². The number of aliphatic imine (C=N–C) groups is 1. The first-order chi connectivity index (χ1) is 13.3. The first kappa shape index (κ1) is 20.2. The molecule has 1 aliphatic rings. The highest BCUT2D eigenvalue weighted by Crippen LogP contribution is 2.36. The number of benzene rings is 1. The highest BCUT2D eigenvalue weighted by Gasteiger charge is 2.28. The second-order valence-corrected chi connectivity index (χ2v) is 9.06. The fourth-order valence-electron chi connectivity index (χ4n) is 2.80. The number of anilines is 1. The molecule has 0 aliphatic heterocycles. The maximum atomic E-state index is 13.4. The Kier molecular flexibility index (Phi) is 5.91. The zero-order chi connectivity index (χ0) is 20.3. The lowest BCUT2D eigenvalue weighted by molar-refractivity contribution is 0.184. The molecule has 0 spiro atoms. The minimum absolute atomic E-state index is 0.0131. The van der Waals surface area contributed by atoms with Crippen LogP contribution in [-0.2, 0) is 16.1 Å². The standard InChI is InChI=1S/C16H21FN6O4S/c1-28(18,26)5-4-11(24)8-19-15-14(22-27-23-15)16(21-25)20-13-6-9-2-3-10(17)7-12(9)13/h2-3,7,11,13,18,24-25H,4-6,8H2,1H3,(H,19,23)(H,20,21)/t11?,13-,28?/m0/s1. The molecule has 0 saturated heterocycles. The van der Waals surface area contributed by atoms with Gasteiger partial charge in [0, 0.05) is 28.3 Å². The smallest absolute Gasteiger partial charge is 0.202 e. The van der Waals surface area contributed by atoms with Crippen LogP contribution in [0.15, 0.2) is 27.8 Å². The summed E-state index contributed by atoms with van der Waals surface area (Å²) in [6.07, 6.45) is 1.22. The van der Waals surface area contributed by atoms with Crippen LogP contribution in [0.25, 0.3) is 0 Å². The molecule has 0 radical (unpaired) electrons. The quantitative estimate of drug-likeness (QED) is 0.245. The molecule has 1 aromatic heterocycles. The van der Waals surface area contributed by atoms with Crippen molar-refractivity contribution in [1.29, 1.82) is 4.78 Å². The number of fused-ring (bicyclic) bond motifs is 1. The van der Waals surface area contributed by atoms with Gasteiger partial charge in [-0.3, -0.25) is 24.7 Å². The number of aromatic nitrogens is 2. The summed E-state index contributed by atoms with van der Waals surface area (Å²) in [5.74, 6) is -0.162. The zero-order valence-electron chi connectivity index (χ0n) is 15.1. The first-order valence-corrected chi connectivity index (χ1v) is 10.6. The van der Waals surface area contributed by atoms with Gasteiger partial charge >= 0.3 is 0 Å². The fourth-order valence-corrected chi connectivity index (χ4v) is 3.52. The van der Waals surface area contributed by atoms with E-state index < -0.39 is 15.8 Å². The predicted molar refractivity (Wildman–Crippen MR) is 99.4 cm³/mol. The van der Waals surface area contributed by atoms with E-state index >= 15 is 0 Å². The van der Waals surface area contributed by atoms with Crippen molar-refractivity contribution >= 4 is 21.4 Å². The summed E-state index contributed by atoms with van der Waals surface area (Å²) < 4.78 is 36.8. The van der Waals surface area contributed by atoms with Crippen molar-refractivity contribution in [1.82, 2.24) is 15.8 Å². The Labute approximate surface area is 160 Å². The molecule has 5 N–H and O–H groups in total. The monoisotopic (exact) mass is 412 g/mol. The number of rotatable bonds is 8. The number of aliphatic hydroxyl groups excluding tert-OH is 1. The molecule has 28 heavy (non-hydrogen) atoms. The molecule has 3 rings (SSSR count). The van der Waals surface area contributed by atoms with Gasteiger partial charge in [0.1, 0.15) is 5.82 Å². The summed E-state index contributed by atoms with van der Waals surface area (Å²) in [7, 11) is -2.68. The number of halogens is 1. The van der Waals surface area contributed by atoms with E-state index in [9.17, 15) is 18.9 Å². The van der Waals surface area contributed by atoms with Crippen molar-refractivity contribution in [2.45, 2.75) is 25.0 Å². The molecule has 0 bridgehead atoms. The van der Waals surface area contributed by atoms with E-state index in [1.165, 1.54) is 18.4 Å². The number of nitrogens with one attached hydrogen (secondary N) is 3.